The number of rotatable bonds is 3. The van der Waals surface area contributed by atoms with Crippen LogP contribution in [0.1, 0.15) is 44.7 Å². The van der Waals surface area contributed by atoms with Gasteiger partial charge in [-0.1, -0.05) is 20.3 Å². The monoisotopic (exact) mass is 238 g/mol. The van der Waals surface area contributed by atoms with Crippen molar-refractivity contribution in [2.45, 2.75) is 39.2 Å². The molecule has 4 unspecified atom stereocenters. The van der Waals surface area contributed by atoms with Gasteiger partial charge >= 0.3 is 0 Å². The summed E-state index contributed by atoms with van der Waals surface area (Å²) >= 11 is 1.75. The lowest BCUT2D eigenvalue weighted by molar-refractivity contribution is 0.171. The van der Waals surface area contributed by atoms with Crippen molar-refractivity contribution < 1.29 is 0 Å². The van der Waals surface area contributed by atoms with Gasteiger partial charge in [0.05, 0.1) is 0 Å². The number of hydrazine groups is 1. The van der Waals surface area contributed by atoms with Gasteiger partial charge < -0.3 is 0 Å². The van der Waals surface area contributed by atoms with Crippen LogP contribution >= 0.6 is 11.3 Å². The number of nitrogens with one attached hydrogen (secondary N) is 1. The summed E-state index contributed by atoms with van der Waals surface area (Å²) in [5.41, 5.74) is 4.38. The number of hydrogen-bond acceptors (Lipinski definition) is 3. The molecule has 1 saturated carbocycles. The number of nitrogens with two attached hydrogens (primary N) is 1. The minimum atomic E-state index is 0.348. The maximum absolute atomic E-state index is 5.73. The van der Waals surface area contributed by atoms with Crippen LogP contribution in [0, 0.1) is 17.8 Å². The van der Waals surface area contributed by atoms with Gasteiger partial charge in [0.1, 0.15) is 0 Å². The predicted octanol–water partition coefficient (Wildman–Crippen LogP) is 3.32. The molecule has 1 aliphatic carbocycles. The van der Waals surface area contributed by atoms with Gasteiger partial charge in [0.15, 0.2) is 0 Å². The molecule has 0 bridgehead atoms. The molecule has 1 aromatic heterocycles. The third-order valence-electron chi connectivity index (χ3n) is 4.19. The Kier molecular flexibility index (Phi) is 4.00. The van der Waals surface area contributed by atoms with E-state index in [9.17, 15) is 0 Å². The van der Waals surface area contributed by atoms with Crippen LogP contribution in [0.5, 0.6) is 0 Å². The Morgan fingerprint density at radius 3 is 2.75 bits per heavy atom. The fourth-order valence-electron chi connectivity index (χ4n) is 2.85. The van der Waals surface area contributed by atoms with Gasteiger partial charge in [-0.25, -0.2) is 0 Å². The van der Waals surface area contributed by atoms with E-state index >= 15 is 0 Å². The molecule has 0 amide bonds. The minimum absolute atomic E-state index is 0.348. The van der Waals surface area contributed by atoms with Gasteiger partial charge in [0.2, 0.25) is 0 Å². The van der Waals surface area contributed by atoms with E-state index < -0.39 is 0 Å². The van der Waals surface area contributed by atoms with Crippen molar-refractivity contribution in [3.63, 3.8) is 0 Å². The molecule has 1 aliphatic rings. The van der Waals surface area contributed by atoms with Crippen LogP contribution in [0.15, 0.2) is 16.8 Å². The minimum Gasteiger partial charge on any atom is -0.271 e. The molecule has 3 N–H and O–H groups in total. The van der Waals surface area contributed by atoms with Gasteiger partial charge in [-0.15, -0.1) is 0 Å². The molecular weight excluding hydrogens is 216 g/mol. The van der Waals surface area contributed by atoms with Crippen molar-refractivity contribution in [3.05, 3.63) is 22.4 Å². The molecule has 1 heterocycles. The van der Waals surface area contributed by atoms with E-state index in [-0.39, 0.29) is 0 Å². The standard InChI is InChI=1S/C13H22N2S/c1-9-3-4-11(7-10(9)2)13(15-14)12-5-6-16-8-12/h5-6,8-11,13,15H,3-4,7,14H2,1-2H3. The highest BCUT2D eigenvalue weighted by atomic mass is 32.1. The van der Waals surface area contributed by atoms with Crippen molar-refractivity contribution in [3.8, 4) is 0 Å². The summed E-state index contributed by atoms with van der Waals surface area (Å²) in [6, 6.07) is 2.54. The van der Waals surface area contributed by atoms with Gasteiger partial charge in [0.25, 0.3) is 0 Å². The van der Waals surface area contributed by atoms with Gasteiger partial charge in [-0.3, -0.25) is 11.3 Å². The van der Waals surface area contributed by atoms with E-state index in [4.69, 9.17) is 5.84 Å². The summed E-state index contributed by atoms with van der Waals surface area (Å²) in [5.74, 6) is 8.13. The van der Waals surface area contributed by atoms with Crippen molar-refractivity contribution >= 4 is 11.3 Å². The van der Waals surface area contributed by atoms with Crippen molar-refractivity contribution in [1.29, 1.82) is 0 Å². The molecule has 3 heteroatoms. The summed E-state index contributed by atoms with van der Waals surface area (Å²) in [5, 5.41) is 4.35. The molecular formula is C13H22N2S. The van der Waals surface area contributed by atoms with E-state index in [0.29, 0.717) is 12.0 Å². The van der Waals surface area contributed by atoms with Gasteiger partial charge in [-0.2, -0.15) is 11.3 Å². The lowest BCUT2D eigenvalue weighted by atomic mass is 9.72. The molecule has 4 atom stereocenters. The van der Waals surface area contributed by atoms with E-state index in [1.165, 1.54) is 24.8 Å². The molecule has 1 aromatic rings. The zero-order valence-electron chi connectivity index (χ0n) is 10.1. The van der Waals surface area contributed by atoms with E-state index in [2.05, 4.69) is 36.1 Å². The fourth-order valence-corrected chi connectivity index (χ4v) is 3.54. The van der Waals surface area contributed by atoms with Crippen LogP contribution in [0.4, 0.5) is 0 Å². The zero-order chi connectivity index (χ0) is 11.5. The highest BCUT2D eigenvalue weighted by molar-refractivity contribution is 7.07. The van der Waals surface area contributed by atoms with Gasteiger partial charge in [0, 0.05) is 6.04 Å². The Labute approximate surface area is 102 Å². The summed E-state index contributed by atoms with van der Waals surface area (Å²) in [6.07, 6.45) is 3.94. The Morgan fingerprint density at radius 2 is 2.19 bits per heavy atom. The molecule has 0 aromatic carbocycles. The Bertz CT molecular complexity index is 310. The molecule has 2 rings (SSSR count). The normalized spacial score (nSPS) is 32.6. The van der Waals surface area contributed by atoms with Crippen LogP contribution in [0.3, 0.4) is 0 Å². The van der Waals surface area contributed by atoms with Crippen LogP contribution in [0.2, 0.25) is 0 Å². The predicted molar refractivity (Wildman–Crippen MR) is 70.1 cm³/mol. The fraction of sp³-hybridized carbons (Fsp3) is 0.692. The number of thiophene rings is 1. The van der Waals surface area contributed by atoms with Crippen molar-refractivity contribution in [2.24, 2.45) is 23.6 Å². The first kappa shape index (κ1) is 12.1. The Balaban J connectivity index is 2.05. The highest BCUT2D eigenvalue weighted by Crippen LogP contribution is 2.39. The summed E-state index contributed by atoms with van der Waals surface area (Å²) in [7, 11) is 0. The molecule has 0 spiro atoms. The SMILES string of the molecule is CC1CCC(C(NN)c2ccsc2)CC1C. The zero-order valence-corrected chi connectivity index (χ0v) is 11.0. The van der Waals surface area contributed by atoms with Crippen LogP contribution < -0.4 is 11.3 Å². The molecule has 1 fully saturated rings. The molecule has 0 radical (unpaired) electrons. The summed E-state index contributed by atoms with van der Waals surface area (Å²) in [4.78, 5) is 0. The third kappa shape index (κ3) is 2.47. The summed E-state index contributed by atoms with van der Waals surface area (Å²) < 4.78 is 0. The average molecular weight is 238 g/mol. The summed E-state index contributed by atoms with van der Waals surface area (Å²) in [6.45, 7) is 4.74. The lowest BCUT2D eigenvalue weighted by Gasteiger charge is -2.36. The molecule has 16 heavy (non-hydrogen) atoms. The van der Waals surface area contributed by atoms with Crippen molar-refractivity contribution in [1.82, 2.24) is 5.43 Å². The van der Waals surface area contributed by atoms with Crippen molar-refractivity contribution in [2.75, 3.05) is 0 Å². The Morgan fingerprint density at radius 1 is 1.38 bits per heavy atom. The maximum atomic E-state index is 5.73. The second-order valence-electron chi connectivity index (χ2n) is 5.23. The topological polar surface area (TPSA) is 38.0 Å². The first-order valence-corrected chi connectivity index (χ1v) is 7.15. The molecule has 0 aliphatic heterocycles. The van der Waals surface area contributed by atoms with Crippen LogP contribution in [-0.4, -0.2) is 0 Å². The molecule has 90 valence electrons. The highest BCUT2D eigenvalue weighted by Gasteiger charge is 2.30. The largest absolute Gasteiger partial charge is 0.271 e. The smallest absolute Gasteiger partial charge is 0.0496 e. The van der Waals surface area contributed by atoms with Crippen LogP contribution in [0.25, 0.3) is 0 Å². The number of hydrogen-bond donors (Lipinski definition) is 2. The lowest BCUT2D eigenvalue weighted by Crippen LogP contribution is -2.36. The van der Waals surface area contributed by atoms with E-state index in [1.807, 2.05) is 0 Å². The Hall–Kier alpha value is -0.380. The first-order valence-electron chi connectivity index (χ1n) is 6.20. The average Bonchev–Trinajstić information content (AvgIpc) is 2.78. The van der Waals surface area contributed by atoms with E-state index in [1.54, 1.807) is 11.3 Å². The van der Waals surface area contributed by atoms with Crippen LogP contribution in [-0.2, 0) is 0 Å². The molecule has 2 nitrogen and oxygen atoms in total. The first-order chi connectivity index (χ1) is 7.72. The third-order valence-corrected chi connectivity index (χ3v) is 4.89. The maximum Gasteiger partial charge on any atom is 0.0496 e. The second kappa shape index (κ2) is 5.30. The quantitative estimate of drug-likeness (QED) is 0.626. The second-order valence-corrected chi connectivity index (χ2v) is 6.01. The van der Waals surface area contributed by atoms with Gasteiger partial charge in [-0.05, 0) is 53.0 Å². The van der Waals surface area contributed by atoms with E-state index in [0.717, 1.165) is 11.8 Å². The molecule has 0 saturated heterocycles.